The van der Waals surface area contributed by atoms with Gasteiger partial charge in [-0.25, -0.2) is 9.78 Å². The number of ether oxygens (including phenoxy) is 4. The number of carbonyl (C=O) groups is 2. The Morgan fingerprint density at radius 2 is 1.77 bits per heavy atom. The zero-order valence-corrected chi connectivity index (χ0v) is 25.2. The van der Waals surface area contributed by atoms with Gasteiger partial charge in [-0.2, -0.15) is 9.97 Å². The number of hydrogen-bond acceptors (Lipinski definition) is 10. The highest BCUT2D eigenvalue weighted by atomic mass is 16.5. The molecule has 3 N–H and O–H groups in total. The normalized spacial score (nSPS) is 11.7. The van der Waals surface area contributed by atoms with Crippen molar-refractivity contribution in [2.24, 2.45) is 11.7 Å². The van der Waals surface area contributed by atoms with Crippen molar-refractivity contribution in [3.63, 3.8) is 0 Å². The molecule has 0 aliphatic rings. The Morgan fingerprint density at radius 1 is 1.02 bits per heavy atom. The summed E-state index contributed by atoms with van der Waals surface area (Å²) in [6, 6.07) is 10.5. The van der Waals surface area contributed by atoms with E-state index in [0.29, 0.717) is 28.5 Å². The summed E-state index contributed by atoms with van der Waals surface area (Å²) in [7, 11) is 4.79. The predicted molar refractivity (Wildman–Crippen MR) is 159 cm³/mol. The number of rotatable bonds is 11. The molecule has 0 spiro atoms. The van der Waals surface area contributed by atoms with Crippen LogP contribution in [0, 0.1) is 18.3 Å². The Labute approximate surface area is 249 Å². The minimum atomic E-state index is -0.753. The molecule has 0 saturated heterocycles. The second kappa shape index (κ2) is 12.8. The molecule has 4 rings (SSSR count). The van der Waals surface area contributed by atoms with Crippen molar-refractivity contribution in [2.45, 2.75) is 33.7 Å². The molecule has 4 aromatic rings. The molecule has 1 unspecified atom stereocenters. The van der Waals surface area contributed by atoms with E-state index in [9.17, 15) is 9.59 Å². The number of hydrogen-bond donors (Lipinski definition) is 2. The summed E-state index contributed by atoms with van der Waals surface area (Å²) in [4.78, 5) is 41.0. The maximum absolute atomic E-state index is 13.1. The standard InChI is InChI=1S/C30H35N7O6/c1-8-41-29(39)24(16(2)3)37-17(4)33-23-26(37)34-30(43-22-15-18(25(31)32)12-13-21(22)40-7)35-27(23)42-20-11-9-10-19(14-20)28(38)36(5)6/h9-16,24H,8H2,1-7H3,(H3,31,32). The van der Waals surface area contributed by atoms with Gasteiger partial charge in [0.25, 0.3) is 11.8 Å². The van der Waals surface area contributed by atoms with Crippen LogP contribution >= 0.6 is 0 Å². The lowest BCUT2D eigenvalue weighted by Gasteiger charge is -2.22. The van der Waals surface area contributed by atoms with Gasteiger partial charge in [0.1, 0.15) is 23.5 Å². The van der Waals surface area contributed by atoms with E-state index >= 15 is 0 Å². The Hall–Kier alpha value is -5.20. The number of esters is 1. The number of aromatic nitrogens is 4. The molecule has 2 aromatic heterocycles. The second-order valence-electron chi connectivity index (χ2n) is 10.2. The predicted octanol–water partition coefficient (Wildman–Crippen LogP) is 4.47. The van der Waals surface area contributed by atoms with E-state index in [1.165, 1.54) is 18.1 Å². The fourth-order valence-electron chi connectivity index (χ4n) is 4.48. The summed E-state index contributed by atoms with van der Waals surface area (Å²) in [5.41, 5.74) is 7.05. The number of imidazole rings is 1. The number of amides is 1. The van der Waals surface area contributed by atoms with Crippen LogP contribution in [0.2, 0.25) is 0 Å². The fourth-order valence-corrected chi connectivity index (χ4v) is 4.48. The lowest BCUT2D eigenvalue weighted by atomic mass is 10.0. The third-order valence-electron chi connectivity index (χ3n) is 6.48. The lowest BCUT2D eigenvalue weighted by Crippen LogP contribution is -2.27. The molecule has 0 aliphatic heterocycles. The van der Waals surface area contributed by atoms with Crippen LogP contribution in [-0.4, -0.2) is 69.9 Å². The molecule has 13 heteroatoms. The van der Waals surface area contributed by atoms with Gasteiger partial charge in [0.2, 0.25) is 0 Å². The molecule has 0 radical (unpaired) electrons. The zero-order chi connectivity index (χ0) is 31.4. The number of benzene rings is 2. The van der Waals surface area contributed by atoms with E-state index in [0.717, 1.165) is 0 Å². The van der Waals surface area contributed by atoms with Crippen molar-refractivity contribution in [3.05, 3.63) is 59.4 Å². The van der Waals surface area contributed by atoms with Crippen molar-refractivity contribution >= 4 is 28.9 Å². The highest BCUT2D eigenvalue weighted by Crippen LogP contribution is 2.36. The van der Waals surface area contributed by atoms with Crippen LogP contribution in [0.3, 0.4) is 0 Å². The van der Waals surface area contributed by atoms with Crippen molar-refractivity contribution < 1.29 is 28.5 Å². The van der Waals surface area contributed by atoms with E-state index in [4.69, 9.17) is 30.1 Å². The molecule has 1 atom stereocenters. The first-order valence-corrected chi connectivity index (χ1v) is 13.6. The number of nitrogens with two attached hydrogens (primary N) is 1. The fraction of sp³-hybridized carbons (Fsp3) is 0.333. The molecule has 0 aliphatic carbocycles. The van der Waals surface area contributed by atoms with Crippen LogP contribution in [-0.2, 0) is 9.53 Å². The summed E-state index contributed by atoms with van der Waals surface area (Å²) >= 11 is 0. The Morgan fingerprint density at radius 3 is 2.40 bits per heavy atom. The number of nitrogens with one attached hydrogen (secondary N) is 1. The Bertz CT molecular complexity index is 1680. The smallest absolute Gasteiger partial charge is 0.329 e. The summed E-state index contributed by atoms with van der Waals surface area (Å²) < 4.78 is 24.8. The Kier molecular flexibility index (Phi) is 9.12. The first-order valence-electron chi connectivity index (χ1n) is 13.6. The molecule has 226 valence electrons. The third-order valence-corrected chi connectivity index (χ3v) is 6.48. The number of nitrogens with zero attached hydrogens (tertiary/aromatic N) is 5. The molecule has 1 amide bonds. The number of amidine groups is 1. The Balaban J connectivity index is 1.92. The minimum Gasteiger partial charge on any atom is -0.493 e. The number of fused-ring (bicyclic) bond motifs is 1. The molecular weight excluding hydrogens is 554 g/mol. The largest absolute Gasteiger partial charge is 0.493 e. The van der Waals surface area contributed by atoms with Gasteiger partial charge in [0.05, 0.1) is 13.7 Å². The molecule has 2 heterocycles. The number of carbonyl (C=O) groups excluding carboxylic acids is 2. The molecule has 13 nitrogen and oxygen atoms in total. The molecule has 2 aromatic carbocycles. The molecule has 43 heavy (non-hydrogen) atoms. The molecule has 0 fully saturated rings. The second-order valence-corrected chi connectivity index (χ2v) is 10.2. The third kappa shape index (κ3) is 6.50. The van der Waals surface area contributed by atoms with Gasteiger partial charge in [0.15, 0.2) is 22.7 Å². The van der Waals surface area contributed by atoms with Crippen molar-refractivity contribution in [2.75, 3.05) is 27.8 Å². The van der Waals surface area contributed by atoms with Gasteiger partial charge < -0.3 is 29.6 Å². The van der Waals surface area contributed by atoms with E-state index < -0.39 is 12.0 Å². The van der Waals surface area contributed by atoms with Gasteiger partial charge in [0, 0.05) is 25.2 Å². The quantitative estimate of drug-likeness (QED) is 0.145. The summed E-state index contributed by atoms with van der Waals surface area (Å²) in [5, 5.41) is 7.82. The maximum atomic E-state index is 13.1. The van der Waals surface area contributed by atoms with Gasteiger partial charge in [-0.15, -0.1) is 0 Å². The topological polar surface area (TPSA) is 168 Å². The molecule has 0 bridgehead atoms. The highest BCUT2D eigenvalue weighted by Gasteiger charge is 2.31. The van der Waals surface area contributed by atoms with Gasteiger partial charge in [-0.1, -0.05) is 19.9 Å². The minimum absolute atomic E-state index is 0.0318. The molecular formula is C30H35N7O6. The van der Waals surface area contributed by atoms with Crippen LogP contribution < -0.4 is 19.9 Å². The van der Waals surface area contributed by atoms with Gasteiger partial charge in [-0.05, 0) is 56.2 Å². The average Bonchev–Trinajstić information content (AvgIpc) is 3.28. The van der Waals surface area contributed by atoms with E-state index in [-0.39, 0.29) is 53.1 Å². The summed E-state index contributed by atoms with van der Waals surface area (Å²) in [5.74, 6) is 0.407. The van der Waals surface area contributed by atoms with E-state index in [1.54, 1.807) is 68.9 Å². The summed E-state index contributed by atoms with van der Waals surface area (Å²) in [6.45, 7) is 7.49. The van der Waals surface area contributed by atoms with Crippen molar-refractivity contribution in [1.29, 1.82) is 5.41 Å². The van der Waals surface area contributed by atoms with E-state index in [2.05, 4.69) is 15.0 Å². The highest BCUT2D eigenvalue weighted by molar-refractivity contribution is 5.95. The van der Waals surface area contributed by atoms with Crippen LogP contribution in [0.1, 0.15) is 48.6 Å². The SMILES string of the molecule is CCOC(=O)C(C(C)C)n1c(C)nc2c(Oc3cccc(C(=O)N(C)C)c3)nc(Oc3cc(C(=N)N)ccc3OC)nc21. The van der Waals surface area contributed by atoms with Crippen LogP contribution in [0.5, 0.6) is 29.1 Å². The zero-order valence-electron chi connectivity index (χ0n) is 25.2. The van der Waals surface area contributed by atoms with E-state index in [1.807, 2.05) is 13.8 Å². The lowest BCUT2D eigenvalue weighted by molar-refractivity contribution is -0.148. The average molecular weight is 590 g/mol. The van der Waals surface area contributed by atoms with Crippen molar-refractivity contribution in [1.82, 2.24) is 24.4 Å². The monoisotopic (exact) mass is 589 g/mol. The molecule has 0 saturated carbocycles. The number of methoxy groups -OCH3 is 1. The number of nitrogen functional groups attached to an aromatic ring is 1. The first-order chi connectivity index (χ1) is 20.4. The van der Waals surface area contributed by atoms with Crippen LogP contribution in [0.15, 0.2) is 42.5 Å². The first kappa shape index (κ1) is 30.8. The summed E-state index contributed by atoms with van der Waals surface area (Å²) in [6.07, 6.45) is 0. The van der Waals surface area contributed by atoms with Crippen LogP contribution in [0.4, 0.5) is 0 Å². The van der Waals surface area contributed by atoms with Gasteiger partial charge >= 0.3 is 12.0 Å². The maximum Gasteiger partial charge on any atom is 0.329 e. The van der Waals surface area contributed by atoms with Gasteiger partial charge in [-0.3, -0.25) is 14.8 Å². The van der Waals surface area contributed by atoms with Crippen LogP contribution in [0.25, 0.3) is 11.2 Å². The number of aryl methyl sites for hydroxylation is 1. The van der Waals surface area contributed by atoms with Crippen molar-refractivity contribution in [3.8, 4) is 29.1 Å².